The van der Waals surface area contributed by atoms with Gasteiger partial charge in [0.15, 0.2) is 11.6 Å². The first-order valence-corrected chi connectivity index (χ1v) is 5.80. The van der Waals surface area contributed by atoms with Gasteiger partial charge in [0.05, 0.1) is 23.7 Å². The van der Waals surface area contributed by atoms with Crippen LogP contribution in [0.15, 0.2) is 12.4 Å². The minimum Gasteiger partial charge on any atom is -0.269 e. The highest BCUT2D eigenvalue weighted by Gasteiger charge is 2.18. The molecule has 5 heteroatoms. The van der Waals surface area contributed by atoms with Crippen LogP contribution in [0, 0.1) is 12.7 Å². The number of halogens is 1. The smallest absolute Gasteiger partial charge is 0.163 e. The Morgan fingerprint density at radius 3 is 3.00 bits per heavy atom. The Labute approximate surface area is 98.5 Å². The van der Waals surface area contributed by atoms with Crippen molar-refractivity contribution in [2.75, 3.05) is 0 Å². The van der Waals surface area contributed by atoms with Crippen molar-refractivity contribution >= 4 is 0 Å². The lowest BCUT2D eigenvalue weighted by molar-refractivity contribution is 0.486. The van der Waals surface area contributed by atoms with Crippen LogP contribution in [-0.4, -0.2) is 19.7 Å². The summed E-state index contributed by atoms with van der Waals surface area (Å²) in [5.74, 6) is 0.210. The van der Waals surface area contributed by atoms with Crippen molar-refractivity contribution in [2.24, 2.45) is 0 Å². The molecule has 2 aromatic heterocycles. The predicted octanol–water partition coefficient (Wildman–Crippen LogP) is 2.12. The van der Waals surface area contributed by atoms with Crippen LogP contribution in [0.4, 0.5) is 4.39 Å². The second kappa shape index (κ2) is 3.91. The number of nitrogens with zero attached hydrogens (tertiary/aromatic N) is 4. The summed E-state index contributed by atoms with van der Waals surface area (Å²) in [6, 6.07) is 0. The highest BCUT2D eigenvalue weighted by atomic mass is 19.1. The zero-order valence-corrected chi connectivity index (χ0v) is 9.65. The van der Waals surface area contributed by atoms with Gasteiger partial charge in [-0.25, -0.2) is 14.4 Å². The summed E-state index contributed by atoms with van der Waals surface area (Å²) in [4.78, 5) is 8.23. The summed E-state index contributed by atoms with van der Waals surface area (Å²) in [6.07, 6.45) is 6.34. The summed E-state index contributed by atoms with van der Waals surface area (Å²) >= 11 is 0. The monoisotopic (exact) mass is 232 g/mol. The van der Waals surface area contributed by atoms with Crippen LogP contribution >= 0.6 is 0 Å². The first-order valence-electron chi connectivity index (χ1n) is 5.80. The first kappa shape index (κ1) is 10.4. The SMILES string of the molecule is Cc1nc(-c2cnn3c2CCCC3)ncc1F. The van der Waals surface area contributed by atoms with Crippen molar-refractivity contribution in [1.82, 2.24) is 19.7 Å². The fourth-order valence-electron chi connectivity index (χ4n) is 2.19. The van der Waals surface area contributed by atoms with E-state index in [1.54, 1.807) is 13.1 Å². The molecule has 17 heavy (non-hydrogen) atoms. The van der Waals surface area contributed by atoms with Crippen molar-refractivity contribution in [2.45, 2.75) is 32.7 Å². The van der Waals surface area contributed by atoms with Gasteiger partial charge in [0.25, 0.3) is 0 Å². The molecule has 3 rings (SSSR count). The van der Waals surface area contributed by atoms with Crippen LogP contribution in [0.2, 0.25) is 0 Å². The van der Waals surface area contributed by atoms with Gasteiger partial charge >= 0.3 is 0 Å². The lowest BCUT2D eigenvalue weighted by Crippen LogP contribution is -2.11. The zero-order valence-electron chi connectivity index (χ0n) is 9.65. The van der Waals surface area contributed by atoms with E-state index in [2.05, 4.69) is 15.1 Å². The molecule has 0 spiro atoms. The van der Waals surface area contributed by atoms with E-state index in [1.165, 1.54) is 18.3 Å². The van der Waals surface area contributed by atoms with Crippen LogP contribution < -0.4 is 0 Å². The number of aryl methyl sites for hydroxylation is 2. The van der Waals surface area contributed by atoms with Crippen molar-refractivity contribution < 1.29 is 4.39 Å². The average molecular weight is 232 g/mol. The molecule has 0 amide bonds. The molecule has 3 heterocycles. The number of aromatic nitrogens is 4. The van der Waals surface area contributed by atoms with Gasteiger partial charge in [0, 0.05) is 12.2 Å². The van der Waals surface area contributed by atoms with E-state index in [9.17, 15) is 4.39 Å². The van der Waals surface area contributed by atoms with Crippen molar-refractivity contribution in [3.8, 4) is 11.4 Å². The molecular weight excluding hydrogens is 219 g/mol. The van der Waals surface area contributed by atoms with E-state index in [0.29, 0.717) is 11.5 Å². The van der Waals surface area contributed by atoms with Gasteiger partial charge in [-0.2, -0.15) is 5.10 Å². The maximum absolute atomic E-state index is 13.1. The van der Waals surface area contributed by atoms with E-state index in [0.717, 1.165) is 24.9 Å². The standard InChI is InChI=1S/C12H13FN4/c1-8-10(13)7-14-12(16-8)9-6-15-17-5-3-2-4-11(9)17/h6-7H,2-5H2,1H3. The predicted molar refractivity (Wildman–Crippen MR) is 60.9 cm³/mol. The fraction of sp³-hybridized carbons (Fsp3) is 0.417. The molecule has 0 aromatic carbocycles. The van der Waals surface area contributed by atoms with Gasteiger partial charge in [0.1, 0.15) is 0 Å². The molecular formula is C12H13FN4. The van der Waals surface area contributed by atoms with Crippen molar-refractivity contribution in [3.05, 3.63) is 29.6 Å². The summed E-state index contributed by atoms with van der Waals surface area (Å²) < 4.78 is 15.1. The van der Waals surface area contributed by atoms with E-state index in [1.807, 2.05) is 4.68 Å². The van der Waals surface area contributed by atoms with Gasteiger partial charge in [-0.1, -0.05) is 0 Å². The molecule has 0 aliphatic carbocycles. The lowest BCUT2D eigenvalue weighted by Gasteiger charge is -2.14. The molecule has 88 valence electrons. The first-order chi connectivity index (χ1) is 8.25. The van der Waals surface area contributed by atoms with E-state index in [4.69, 9.17) is 0 Å². The summed E-state index contributed by atoms with van der Waals surface area (Å²) in [6.45, 7) is 2.60. The highest BCUT2D eigenvalue weighted by Crippen LogP contribution is 2.25. The van der Waals surface area contributed by atoms with Gasteiger partial charge in [-0.3, -0.25) is 4.68 Å². The Balaban J connectivity index is 2.09. The van der Waals surface area contributed by atoms with Crippen LogP contribution in [0.25, 0.3) is 11.4 Å². The van der Waals surface area contributed by atoms with Crippen molar-refractivity contribution in [1.29, 1.82) is 0 Å². The van der Waals surface area contributed by atoms with Crippen molar-refractivity contribution in [3.63, 3.8) is 0 Å². The molecule has 2 aromatic rings. The Hall–Kier alpha value is -1.78. The molecule has 1 aliphatic rings. The quantitative estimate of drug-likeness (QED) is 0.756. The number of fused-ring (bicyclic) bond motifs is 1. The van der Waals surface area contributed by atoms with E-state index >= 15 is 0 Å². The van der Waals surface area contributed by atoms with E-state index in [-0.39, 0.29) is 5.82 Å². The number of rotatable bonds is 1. The number of hydrogen-bond acceptors (Lipinski definition) is 3. The third-order valence-corrected chi connectivity index (χ3v) is 3.14. The third kappa shape index (κ3) is 1.71. The van der Waals surface area contributed by atoms with E-state index < -0.39 is 0 Å². The van der Waals surface area contributed by atoms with Crippen LogP contribution in [0.5, 0.6) is 0 Å². The summed E-state index contributed by atoms with van der Waals surface area (Å²) in [7, 11) is 0. The van der Waals surface area contributed by atoms with Gasteiger partial charge in [0.2, 0.25) is 0 Å². The lowest BCUT2D eigenvalue weighted by atomic mass is 10.1. The summed E-state index contributed by atoms with van der Waals surface area (Å²) in [5.41, 5.74) is 2.49. The second-order valence-electron chi connectivity index (χ2n) is 4.31. The van der Waals surface area contributed by atoms with Gasteiger partial charge < -0.3 is 0 Å². The molecule has 0 fully saturated rings. The average Bonchev–Trinajstić information content (AvgIpc) is 2.76. The van der Waals surface area contributed by atoms with Gasteiger partial charge in [-0.05, 0) is 26.2 Å². The minimum absolute atomic E-state index is 0.366. The highest BCUT2D eigenvalue weighted by molar-refractivity contribution is 5.57. The third-order valence-electron chi connectivity index (χ3n) is 3.14. The Bertz CT molecular complexity index is 562. The van der Waals surface area contributed by atoms with Gasteiger partial charge in [-0.15, -0.1) is 0 Å². The van der Waals surface area contributed by atoms with Crippen LogP contribution in [-0.2, 0) is 13.0 Å². The normalized spacial score (nSPS) is 14.7. The molecule has 0 atom stereocenters. The Kier molecular flexibility index (Phi) is 2.39. The molecule has 0 saturated heterocycles. The molecule has 0 bridgehead atoms. The molecule has 0 unspecified atom stereocenters. The topological polar surface area (TPSA) is 43.6 Å². The maximum atomic E-state index is 13.1. The molecule has 4 nitrogen and oxygen atoms in total. The zero-order chi connectivity index (χ0) is 11.8. The molecule has 1 aliphatic heterocycles. The van der Waals surface area contributed by atoms with Crippen LogP contribution in [0.3, 0.4) is 0 Å². The minimum atomic E-state index is -0.366. The largest absolute Gasteiger partial charge is 0.269 e. The Morgan fingerprint density at radius 1 is 1.29 bits per heavy atom. The Morgan fingerprint density at radius 2 is 2.18 bits per heavy atom. The molecule has 0 N–H and O–H groups in total. The summed E-state index contributed by atoms with van der Waals surface area (Å²) in [5, 5.41) is 4.33. The molecule has 0 saturated carbocycles. The maximum Gasteiger partial charge on any atom is 0.163 e. The molecule has 0 radical (unpaired) electrons. The van der Waals surface area contributed by atoms with Crippen LogP contribution in [0.1, 0.15) is 24.2 Å². The number of hydrogen-bond donors (Lipinski definition) is 0. The fourth-order valence-corrected chi connectivity index (χ4v) is 2.19. The second-order valence-corrected chi connectivity index (χ2v) is 4.31.